The molecule has 0 aliphatic carbocycles. The van der Waals surface area contributed by atoms with Crippen LogP contribution in [0.25, 0.3) is 0 Å². The second kappa shape index (κ2) is 5.96. The van der Waals surface area contributed by atoms with Crippen LogP contribution in [0.5, 0.6) is 0 Å². The fraction of sp³-hybridized carbons (Fsp3) is 0.571. The van der Waals surface area contributed by atoms with Crippen LogP contribution in [-0.4, -0.2) is 54.4 Å². The Morgan fingerprint density at radius 1 is 1.44 bits per heavy atom. The van der Waals surface area contributed by atoms with Gasteiger partial charge in [0.15, 0.2) is 0 Å². The second-order valence-corrected chi connectivity index (χ2v) is 5.20. The molecule has 0 bridgehead atoms. The minimum atomic E-state index is 0.235. The highest BCUT2D eigenvalue weighted by Gasteiger charge is 2.24. The third kappa shape index (κ3) is 3.29. The molecular formula is C14H21N3O. The SMILES string of the molecule is CN(C)CC(=O)N1CCC[C@H](c2ccncc2)C1. The first-order valence-electron chi connectivity index (χ1n) is 6.49. The van der Waals surface area contributed by atoms with E-state index in [1.807, 2.05) is 36.3 Å². The first-order valence-corrected chi connectivity index (χ1v) is 6.49. The van der Waals surface area contributed by atoms with Crippen molar-refractivity contribution in [1.82, 2.24) is 14.8 Å². The number of rotatable bonds is 3. The number of aromatic nitrogens is 1. The van der Waals surface area contributed by atoms with Gasteiger partial charge in [-0.3, -0.25) is 9.78 Å². The van der Waals surface area contributed by atoms with Gasteiger partial charge in [-0.05, 0) is 44.6 Å². The number of likely N-dealkylation sites (tertiary alicyclic amines) is 1. The van der Waals surface area contributed by atoms with Crippen molar-refractivity contribution in [1.29, 1.82) is 0 Å². The number of piperidine rings is 1. The van der Waals surface area contributed by atoms with Gasteiger partial charge in [0.05, 0.1) is 6.54 Å². The Labute approximate surface area is 109 Å². The Morgan fingerprint density at radius 2 is 2.17 bits per heavy atom. The Kier molecular flexibility index (Phi) is 4.31. The highest BCUT2D eigenvalue weighted by Crippen LogP contribution is 2.26. The summed E-state index contributed by atoms with van der Waals surface area (Å²) in [5, 5.41) is 0. The van der Waals surface area contributed by atoms with Gasteiger partial charge in [-0.15, -0.1) is 0 Å². The molecule has 0 N–H and O–H groups in total. The van der Waals surface area contributed by atoms with E-state index in [9.17, 15) is 4.79 Å². The number of carbonyl (C=O) groups is 1. The third-order valence-electron chi connectivity index (χ3n) is 3.40. The number of nitrogens with zero attached hydrogens (tertiary/aromatic N) is 3. The summed E-state index contributed by atoms with van der Waals surface area (Å²) in [4.78, 5) is 20.0. The minimum absolute atomic E-state index is 0.235. The van der Waals surface area contributed by atoms with Gasteiger partial charge in [0.2, 0.25) is 5.91 Å². The van der Waals surface area contributed by atoms with Crippen molar-refractivity contribution in [2.75, 3.05) is 33.7 Å². The first kappa shape index (κ1) is 13.0. The Hall–Kier alpha value is -1.42. The predicted octanol–water partition coefficient (Wildman–Crippen LogP) is 1.35. The summed E-state index contributed by atoms with van der Waals surface area (Å²) in [6.07, 6.45) is 5.91. The molecule has 1 aliphatic heterocycles. The Balaban J connectivity index is 1.98. The van der Waals surface area contributed by atoms with Gasteiger partial charge in [-0.2, -0.15) is 0 Å². The zero-order chi connectivity index (χ0) is 13.0. The van der Waals surface area contributed by atoms with E-state index in [1.54, 1.807) is 0 Å². The van der Waals surface area contributed by atoms with Crippen molar-refractivity contribution >= 4 is 5.91 Å². The van der Waals surface area contributed by atoms with Crippen LogP contribution < -0.4 is 0 Å². The monoisotopic (exact) mass is 247 g/mol. The molecule has 4 nitrogen and oxygen atoms in total. The number of likely N-dealkylation sites (N-methyl/N-ethyl adjacent to an activating group) is 1. The molecule has 98 valence electrons. The summed E-state index contributed by atoms with van der Waals surface area (Å²) in [6, 6.07) is 4.12. The Bertz CT molecular complexity index is 391. The van der Waals surface area contributed by atoms with Crippen LogP contribution in [0.3, 0.4) is 0 Å². The molecule has 18 heavy (non-hydrogen) atoms. The molecule has 2 heterocycles. The number of hydrogen-bond donors (Lipinski definition) is 0. The van der Waals surface area contributed by atoms with Gasteiger partial charge < -0.3 is 9.80 Å². The van der Waals surface area contributed by atoms with Crippen LogP contribution in [0.2, 0.25) is 0 Å². The number of carbonyl (C=O) groups excluding carboxylic acids is 1. The molecular weight excluding hydrogens is 226 g/mol. The van der Waals surface area contributed by atoms with Gasteiger partial charge in [-0.25, -0.2) is 0 Å². The lowest BCUT2D eigenvalue weighted by Crippen LogP contribution is -2.43. The zero-order valence-corrected chi connectivity index (χ0v) is 11.2. The third-order valence-corrected chi connectivity index (χ3v) is 3.40. The molecule has 2 rings (SSSR count). The van der Waals surface area contributed by atoms with Gasteiger partial charge in [0, 0.05) is 31.4 Å². The van der Waals surface area contributed by atoms with E-state index < -0.39 is 0 Å². The van der Waals surface area contributed by atoms with Crippen LogP contribution >= 0.6 is 0 Å². The minimum Gasteiger partial charge on any atom is -0.341 e. The largest absolute Gasteiger partial charge is 0.341 e. The summed E-state index contributed by atoms with van der Waals surface area (Å²) in [5.41, 5.74) is 1.30. The van der Waals surface area contributed by atoms with Crippen LogP contribution in [0.15, 0.2) is 24.5 Å². The molecule has 4 heteroatoms. The van der Waals surface area contributed by atoms with E-state index >= 15 is 0 Å². The van der Waals surface area contributed by atoms with Crippen LogP contribution in [-0.2, 0) is 4.79 Å². The summed E-state index contributed by atoms with van der Waals surface area (Å²) < 4.78 is 0. The lowest BCUT2D eigenvalue weighted by Gasteiger charge is -2.33. The fourth-order valence-corrected chi connectivity index (χ4v) is 2.48. The molecule has 0 unspecified atom stereocenters. The van der Waals surface area contributed by atoms with E-state index in [0.717, 1.165) is 25.9 Å². The fourth-order valence-electron chi connectivity index (χ4n) is 2.48. The van der Waals surface area contributed by atoms with Crippen LogP contribution in [0.1, 0.15) is 24.3 Å². The van der Waals surface area contributed by atoms with E-state index in [4.69, 9.17) is 0 Å². The molecule has 0 radical (unpaired) electrons. The smallest absolute Gasteiger partial charge is 0.236 e. The van der Waals surface area contributed by atoms with Gasteiger partial charge in [0.25, 0.3) is 0 Å². The van der Waals surface area contributed by atoms with Crippen molar-refractivity contribution in [3.63, 3.8) is 0 Å². The van der Waals surface area contributed by atoms with Crippen molar-refractivity contribution in [2.24, 2.45) is 0 Å². The molecule has 1 fully saturated rings. The number of amides is 1. The second-order valence-electron chi connectivity index (χ2n) is 5.20. The van der Waals surface area contributed by atoms with E-state index in [2.05, 4.69) is 17.1 Å². The van der Waals surface area contributed by atoms with Gasteiger partial charge in [0.1, 0.15) is 0 Å². The summed E-state index contributed by atoms with van der Waals surface area (Å²) in [5.74, 6) is 0.701. The number of pyridine rings is 1. The van der Waals surface area contributed by atoms with Crippen molar-refractivity contribution < 1.29 is 4.79 Å². The topological polar surface area (TPSA) is 36.4 Å². The highest BCUT2D eigenvalue weighted by atomic mass is 16.2. The highest BCUT2D eigenvalue weighted by molar-refractivity contribution is 5.78. The average molecular weight is 247 g/mol. The molecule has 1 saturated heterocycles. The molecule has 0 saturated carbocycles. The van der Waals surface area contributed by atoms with Crippen molar-refractivity contribution in [2.45, 2.75) is 18.8 Å². The normalized spacial score (nSPS) is 20.2. The predicted molar refractivity (Wildman–Crippen MR) is 71.3 cm³/mol. The molecule has 0 aromatic carbocycles. The van der Waals surface area contributed by atoms with Crippen LogP contribution in [0.4, 0.5) is 0 Å². The standard InChI is InChI=1S/C14H21N3O/c1-16(2)11-14(18)17-9-3-4-13(10-17)12-5-7-15-8-6-12/h5-8,13H,3-4,9-11H2,1-2H3/t13-/m0/s1. The lowest BCUT2D eigenvalue weighted by molar-refractivity contribution is -0.133. The van der Waals surface area contributed by atoms with Crippen molar-refractivity contribution in [3.8, 4) is 0 Å². The molecule has 1 amide bonds. The molecule has 1 aliphatic rings. The molecule has 1 aromatic rings. The lowest BCUT2D eigenvalue weighted by atomic mass is 9.91. The quantitative estimate of drug-likeness (QED) is 0.809. The van der Waals surface area contributed by atoms with Gasteiger partial charge >= 0.3 is 0 Å². The first-order chi connectivity index (χ1) is 8.66. The Morgan fingerprint density at radius 3 is 2.83 bits per heavy atom. The van der Waals surface area contributed by atoms with Gasteiger partial charge in [-0.1, -0.05) is 0 Å². The summed E-state index contributed by atoms with van der Waals surface area (Å²) in [7, 11) is 3.87. The van der Waals surface area contributed by atoms with E-state index in [1.165, 1.54) is 5.56 Å². The maximum atomic E-state index is 12.1. The van der Waals surface area contributed by atoms with Crippen LogP contribution in [0, 0.1) is 0 Å². The number of hydrogen-bond acceptors (Lipinski definition) is 3. The zero-order valence-electron chi connectivity index (χ0n) is 11.2. The molecule has 1 aromatic heterocycles. The molecule has 1 atom stereocenters. The van der Waals surface area contributed by atoms with E-state index in [-0.39, 0.29) is 5.91 Å². The summed E-state index contributed by atoms with van der Waals surface area (Å²) >= 11 is 0. The average Bonchev–Trinajstić information content (AvgIpc) is 2.39. The van der Waals surface area contributed by atoms with E-state index in [0.29, 0.717) is 12.5 Å². The maximum Gasteiger partial charge on any atom is 0.236 e. The van der Waals surface area contributed by atoms with Crippen molar-refractivity contribution in [3.05, 3.63) is 30.1 Å². The maximum absolute atomic E-state index is 12.1. The summed E-state index contributed by atoms with van der Waals surface area (Å²) in [6.45, 7) is 2.24. The molecule has 0 spiro atoms.